The zero-order valence-corrected chi connectivity index (χ0v) is 16.9. The van der Waals surface area contributed by atoms with Gasteiger partial charge in [0.2, 0.25) is 5.91 Å². The molecule has 5 heteroatoms. The Balaban J connectivity index is 2.03. The van der Waals surface area contributed by atoms with Gasteiger partial charge >= 0.3 is 0 Å². The summed E-state index contributed by atoms with van der Waals surface area (Å²) < 4.78 is 10.6. The van der Waals surface area contributed by atoms with Crippen molar-refractivity contribution in [3.05, 3.63) is 53.6 Å². The second kappa shape index (κ2) is 9.53. The largest absolute Gasteiger partial charge is 0.493 e. The molecule has 2 aromatic rings. The molecular weight excluding hydrogens is 346 g/mol. The third-order valence-electron chi connectivity index (χ3n) is 4.24. The van der Waals surface area contributed by atoms with Crippen molar-refractivity contribution in [3.63, 3.8) is 0 Å². The van der Waals surface area contributed by atoms with Crippen molar-refractivity contribution < 1.29 is 14.3 Å². The summed E-state index contributed by atoms with van der Waals surface area (Å²) in [6.45, 7) is 6.06. The Bertz CT molecular complexity index is 731. The Labute approximate surface area is 160 Å². The summed E-state index contributed by atoms with van der Waals surface area (Å²) in [5.74, 6) is 1.37. The van der Waals surface area contributed by atoms with Crippen LogP contribution in [0, 0.1) is 6.92 Å². The Morgan fingerprint density at radius 2 is 1.73 bits per heavy atom. The number of nitrogens with one attached hydrogen (secondary N) is 1. The Hall–Kier alpha value is -2.14. The second-order valence-electron chi connectivity index (χ2n) is 6.16. The monoisotopic (exact) mass is 373 g/mol. The minimum Gasteiger partial charge on any atom is -0.493 e. The van der Waals surface area contributed by atoms with Crippen LogP contribution in [0.3, 0.4) is 0 Å². The van der Waals surface area contributed by atoms with Gasteiger partial charge in [0.1, 0.15) is 0 Å². The van der Waals surface area contributed by atoms with Gasteiger partial charge in [-0.05, 0) is 44.0 Å². The Morgan fingerprint density at radius 3 is 2.31 bits per heavy atom. The first-order valence-corrected chi connectivity index (χ1v) is 9.62. The van der Waals surface area contributed by atoms with Gasteiger partial charge in [0.25, 0.3) is 0 Å². The number of ether oxygens (including phenoxy) is 2. The van der Waals surface area contributed by atoms with Gasteiger partial charge in [0, 0.05) is 4.90 Å². The van der Waals surface area contributed by atoms with E-state index >= 15 is 0 Å². The van der Waals surface area contributed by atoms with Gasteiger partial charge in [0.05, 0.1) is 25.5 Å². The van der Waals surface area contributed by atoms with Gasteiger partial charge in [0.15, 0.2) is 11.5 Å². The standard InChI is InChI=1S/C21H27NO3S/c1-6-18(16-9-7-14(2)8-10-16)22-21(23)15(3)26-17-11-12-19(24-4)20(13-17)25-5/h7-13,15,18H,6H2,1-5H3,(H,22,23)/t15-,18-/m1/s1. The lowest BCUT2D eigenvalue weighted by atomic mass is 10.0. The van der Waals surface area contributed by atoms with Crippen LogP contribution in [0.4, 0.5) is 0 Å². The predicted octanol–water partition coefficient (Wildman–Crippen LogP) is 4.76. The molecule has 4 nitrogen and oxygen atoms in total. The molecule has 0 fully saturated rings. The minimum absolute atomic E-state index is 0.0246. The van der Waals surface area contributed by atoms with Crippen LogP contribution in [0.2, 0.25) is 0 Å². The molecule has 0 aliphatic rings. The highest BCUT2D eigenvalue weighted by atomic mass is 32.2. The molecule has 0 saturated heterocycles. The van der Waals surface area contributed by atoms with Crippen molar-refractivity contribution in [1.82, 2.24) is 5.32 Å². The van der Waals surface area contributed by atoms with E-state index in [1.807, 2.05) is 25.1 Å². The van der Waals surface area contributed by atoms with Crippen molar-refractivity contribution in [3.8, 4) is 11.5 Å². The van der Waals surface area contributed by atoms with E-state index in [0.29, 0.717) is 11.5 Å². The van der Waals surface area contributed by atoms with Crippen molar-refractivity contribution >= 4 is 17.7 Å². The van der Waals surface area contributed by atoms with Crippen LogP contribution in [0.5, 0.6) is 11.5 Å². The molecular formula is C21H27NO3S. The van der Waals surface area contributed by atoms with Gasteiger partial charge in [-0.25, -0.2) is 0 Å². The first-order valence-electron chi connectivity index (χ1n) is 8.74. The first-order chi connectivity index (χ1) is 12.5. The quantitative estimate of drug-likeness (QED) is 0.678. The summed E-state index contributed by atoms with van der Waals surface area (Å²) in [5.41, 5.74) is 2.35. The van der Waals surface area contributed by atoms with E-state index in [-0.39, 0.29) is 17.2 Å². The van der Waals surface area contributed by atoms with E-state index in [9.17, 15) is 4.79 Å². The number of thioether (sulfide) groups is 1. The van der Waals surface area contributed by atoms with E-state index in [0.717, 1.165) is 16.9 Å². The minimum atomic E-state index is -0.215. The molecule has 26 heavy (non-hydrogen) atoms. The molecule has 0 aromatic heterocycles. The molecule has 2 aromatic carbocycles. The lowest BCUT2D eigenvalue weighted by Gasteiger charge is -2.20. The molecule has 1 amide bonds. The highest BCUT2D eigenvalue weighted by Crippen LogP contribution is 2.33. The van der Waals surface area contributed by atoms with E-state index in [1.165, 1.54) is 17.3 Å². The van der Waals surface area contributed by atoms with Crippen molar-refractivity contribution in [2.45, 2.75) is 43.4 Å². The van der Waals surface area contributed by atoms with Crippen LogP contribution in [-0.2, 0) is 4.79 Å². The van der Waals surface area contributed by atoms with Crippen LogP contribution >= 0.6 is 11.8 Å². The smallest absolute Gasteiger partial charge is 0.233 e. The van der Waals surface area contributed by atoms with E-state index in [2.05, 4.69) is 43.4 Å². The number of rotatable bonds is 8. The fourth-order valence-electron chi connectivity index (χ4n) is 2.66. The third kappa shape index (κ3) is 5.18. The molecule has 0 aliphatic heterocycles. The number of hydrogen-bond acceptors (Lipinski definition) is 4. The molecule has 0 radical (unpaired) electrons. The number of benzene rings is 2. The third-order valence-corrected chi connectivity index (χ3v) is 5.34. The molecule has 0 heterocycles. The number of hydrogen-bond donors (Lipinski definition) is 1. The number of methoxy groups -OCH3 is 2. The fourth-order valence-corrected chi connectivity index (χ4v) is 3.56. The van der Waals surface area contributed by atoms with Gasteiger partial charge in [-0.1, -0.05) is 36.8 Å². The highest BCUT2D eigenvalue weighted by molar-refractivity contribution is 8.00. The number of amides is 1. The fraction of sp³-hybridized carbons (Fsp3) is 0.381. The average Bonchev–Trinajstić information content (AvgIpc) is 2.66. The summed E-state index contributed by atoms with van der Waals surface area (Å²) in [4.78, 5) is 13.6. The molecule has 0 unspecified atom stereocenters. The van der Waals surface area contributed by atoms with Gasteiger partial charge in [-0.2, -0.15) is 0 Å². The van der Waals surface area contributed by atoms with E-state index < -0.39 is 0 Å². The molecule has 0 spiro atoms. The Morgan fingerprint density at radius 1 is 1.08 bits per heavy atom. The molecule has 1 N–H and O–H groups in total. The molecule has 0 saturated carbocycles. The maximum Gasteiger partial charge on any atom is 0.233 e. The average molecular weight is 374 g/mol. The van der Waals surface area contributed by atoms with Crippen LogP contribution in [0.15, 0.2) is 47.4 Å². The van der Waals surface area contributed by atoms with Crippen molar-refractivity contribution in [2.24, 2.45) is 0 Å². The van der Waals surface area contributed by atoms with Crippen molar-refractivity contribution in [1.29, 1.82) is 0 Å². The zero-order valence-electron chi connectivity index (χ0n) is 16.0. The van der Waals surface area contributed by atoms with Gasteiger partial charge in [-0.3, -0.25) is 4.79 Å². The number of carbonyl (C=O) groups excluding carboxylic acids is 1. The van der Waals surface area contributed by atoms with E-state index in [1.54, 1.807) is 14.2 Å². The molecule has 140 valence electrons. The maximum absolute atomic E-state index is 12.6. The number of aryl methyl sites for hydroxylation is 1. The van der Waals surface area contributed by atoms with Crippen LogP contribution in [-0.4, -0.2) is 25.4 Å². The lowest BCUT2D eigenvalue weighted by molar-refractivity contribution is -0.121. The van der Waals surface area contributed by atoms with Crippen LogP contribution in [0.25, 0.3) is 0 Å². The topological polar surface area (TPSA) is 47.6 Å². The van der Waals surface area contributed by atoms with Crippen molar-refractivity contribution in [2.75, 3.05) is 14.2 Å². The highest BCUT2D eigenvalue weighted by Gasteiger charge is 2.19. The normalized spacial score (nSPS) is 13.0. The molecule has 0 bridgehead atoms. The summed E-state index contributed by atoms with van der Waals surface area (Å²) in [6.07, 6.45) is 0.850. The predicted molar refractivity (Wildman–Crippen MR) is 107 cm³/mol. The number of carbonyl (C=O) groups is 1. The molecule has 2 rings (SSSR count). The second-order valence-corrected chi connectivity index (χ2v) is 7.57. The molecule has 0 aliphatic carbocycles. The lowest BCUT2D eigenvalue weighted by Crippen LogP contribution is -2.34. The zero-order chi connectivity index (χ0) is 19.1. The van der Waals surface area contributed by atoms with Gasteiger partial charge < -0.3 is 14.8 Å². The summed E-state index contributed by atoms with van der Waals surface area (Å²) >= 11 is 1.50. The van der Waals surface area contributed by atoms with Crippen LogP contribution in [0.1, 0.15) is 37.4 Å². The summed E-state index contributed by atoms with van der Waals surface area (Å²) in [7, 11) is 3.21. The van der Waals surface area contributed by atoms with Gasteiger partial charge in [-0.15, -0.1) is 11.8 Å². The molecule has 2 atom stereocenters. The SMILES string of the molecule is CC[C@@H](NC(=O)[C@@H](C)Sc1ccc(OC)c(OC)c1)c1ccc(C)cc1. The van der Waals surface area contributed by atoms with Crippen LogP contribution < -0.4 is 14.8 Å². The summed E-state index contributed by atoms with van der Waals surface area (Å²) in [5, 5.41) is 2.94. The Kier molecular flexibility index (Phi) is 7.39. The first kappa shape index (κ1) is 20.2. The summed E-state index contributed by atoms with van der Waals surface area (Å²) in [6, 6.07) is 14.0. The van der Waals surface area contributed by atoms with E-state index in [4.69, 9.17) is 9.47 Å². The maximum atomic E-state index is 12.6.